The zero-order chi connectivity index (χ0) is 15.0. The summed E-state index contributed by atoms with van der Waals surface area (Å²) in [7, 11) is -1.21. The molecule has 0 saturated carbocycles. The van der Waals surface area contributed by atoms with Gasteiger partial charge in [-0.3, -0.25) is 0 Å². The van der Waals surface area contributed by atoms with Crippen LogP contribution in [0, 0.1) is 0 Å². The molecule has 0 unspecified atom stereocenters. The molecular weight excluding hydrogens is 290 g/mol. The van der Waals surface area contributed by atoms with Crippen LogP contribution in [0.3, 0.4) is 0 Å². The number of halogens is 1. The minimum absolute atomic E-state index is 0.323. The zero-order valence-electron chi connectivity index (χ0n) is 12.6. The van der Waals surface area contributed by atoms with Crippen LogP contribution in [0.2, 0.25) is 0 Å². The Morgan fingerprint density at radius 2 is 1.80 bits per heavy atom. The average molecular weight is 314 g/mol. The second-order valence-electron chi connectivity index (χ2n) is 5.77. The van der Waals surface area contributed by atoms with Crippen LogP contribution in [-0.4, -0.2) is 20.5 Å². The number of hydrogen-bond donors (Lipinski definition) is 0. The molecule has 0 saturated heterocycles. The van der Waals surface area contributed by atoms with Crippen LogP contribution < -0.4 is 0 Å². The second-order valence-corrected chi connectivity index (χ2v) is 8.05. The topological polar surface area (TPSA) is 29.4 Å². The van der Waals surface area contributed by atoms with Crippen LogP contribution >= 0.6 is 11.6 Å². The first-order valence-corrected chi connectivity index (χ1v) is 8.70. The molecule has 1 aromatic carbocycles. The predicted octanol–water partition coefficient (Wildman–Crippen LogP) is 4.74. The molecule has 1 rings (SSSR count). The van der Waals surface area contributed by atoms with Gasteiger partial charge in [0.05, 0.1) is 10.5 Å². The Kier molecular flexibility index (Phi) is 7.46. The fraction of sp³-hybridized carbons (Fsp3) is 0.562. The van der Waals surface area contributed by atoms with E-state index in [1.165, 1.54) is 0 Å². The first kappa shape index (κ1) is 17.4. The number of nitrogens with zero attached hydrogens (tertiary/aromatic N) is 1. The van der Waals surface area contributed by atoms with Gasteiger partial charge < -0.3 is 0 Å². The molecule has 112 valence electrons. The lowest BCUT2D eigenvalue weighted by molar-refractivity contribution is 0.650. The SMILES string of the molecule is CC(C)(C)[S@](=O)/N=C(\CCCCCCl)c1ccccc1. The molecule has 0 aliphatic heterocycles. The molecule has 0 fully saturated rings. The van der Waals surface area contributed by atoms with Gasteiger partial charge in [0.2, 0.25) is 0 Å². The lowest BCUT2D eigenvalue weighted by Gasteiger charge is -2.15. The molecule has 20 heavy (non-hydrogen) atoms. The molecule has 4 heteroatoms. The van der Waals surface area contributed by atoms with Crippen LogP contribution in [0.5, 0.6) is 0 Å². The highest BCUT2D eigenvalue weighted by Gasteiger charge is 2.20. The molecule has 1 aromatic rings. The largest absolute Gasteiger partial charge is 0.234 e. The summed E-state index contributed by atoms with van der Waals surface area (Å²) >= 11 is 5.70. The molecule has 0 spiro atoms. The molecule has 0 radical (unpaired) electrons. The summed E-state index contributed by atoms with van der Waals surface area (Å²) in [5, 5.41) is 0. The van der Waals surface area contributed by atoms with Crippen molar-refractivity contribution in [2.75, 3.05) is 5.88 Å². The summed E-state index contributed by atoms with van der Waals surface area (Å²) in [5.74, 6) is 0.700. The Hall–Kier alpha value is -0.670. The van der Waals surface area contributed by atoms with Crippen molar-refractivity contribution in [2.24, 2.45) is 4.40 Å². The number of unbranched alkanes of at least 4 members (excludes halogenated alkanes) is 2. The third-order valence-corrected chi connectivity index (χ3v) is 4.57. The maximum atomic E-state index is 12.2. The zero-order valence-corrected chi connectivity index (χ0v) is 14.1. The monoisotopic (exact) mass is 313 g/mol. The Labute approximate surface area is 130 Å². The summed E-state index contributed by atoms with van der Waals surface area (Å²) in [4.78, 5) is 0. The van der Waals surface area contributed by atoms with Crippen LogP contribution in [0.4, 0.5) is 0 Å². The first-order chi connectivity index (χ1) is 9.45. The highest BCUT2D eigenvalue weighted by molar-refractivity contribution is 7.85. The van der Waals surface area contributed by atoms with E-state index in [9.17, 15) is 4.21 Å². The van der Waals surface area contributed by atoms with E-state index in [2.05, 4.69) is 4.40 Å². The highest BCUT2D eigenvalue weighted by Crippen LogP contribution is 2.16. The van der Waals surface area contributed by atoms with Gasteiger partial charge in [-0.1, -0.05) is 36.8 Å². The Bertz CT molecular complexity index is 451. The van der Waals surface area contributed by atoms with Gasteiger partial charge in [-0.25, -0.2) is 4.21 Å². The molecule has 0 heterocycles. The van der Waals surface area contributed by atoms with Gasteiger partial charge in [0.15, 0.2) is 0 Å². The van der Waals surface area contributed by atoms with Gasteiger partial charge in [-0.2, -0.15) is 4.40 Å². The summed E-state index contributed by atoms with van der Waals surface area (Å²) in [5.41, 5.74) is 2.00. The van der Waals surface area contributed by atoms with Gasteiger partial charge in [-0.05, 0) is 45.6 Å². The molecule has 0 amide bonds. The van der Waals surface area contributed by atoms with Crippen LogP contribution in [-0.2, 0) is 11.0 Å². The molecule has 2 nitrogen and oxygen atoms in total. The van der Waals surface area contributed by atoms with Gasteiger partial charge in [-0.15, -0.1) is 11.6 Å². The average Bonchev–Trinajstić information content (AvgIpc) is 2.42. The lowest BCUT2D eigenvalue weighted by atomic mass is 10.0. The van der Waals surface area contributed by atoms with E-state index in [4.69, 9.17) is 11.6 Å². The first-order valence-electron chi connectivity index (χ1n) is 7.06. The second kappa shape index (κ2) is 8.58. The lowest BCUT2D eigenvalue weighted by Crippen LogP contribution is -2.21. The van der Waals surface area contributed by atoms with Crippen molar-refractivity contribution < 1.29 is 4.21 Å². The fourth-order valence-corrected chi connectivity index (χ4v) is 2.53. The normalized spacial score (nSPS) is 14.3. The molecule has 1 atom stereocenters. The van der Waals surface area contributed by atoms with Crippen molar-refractivity contribution in [1.82, 2.24) is 0 Å². The van der Waals surface area contributed by atoms with Gasteiger partial charge in [0.1, 0.15) is 11.0 Å². The summed E-state index contributed by atoms with van der Waals surface area (Å²) in [6, 6.07) is 10.0. The predicted molar refractivity (Wildman–Crippen MR) is 90.1 cm³/mol. The number of hydrogen-bond acceptors (Lipinski definition) is 1. The van der Waals surface area contributed by atoms with Gasteiger partial charge in [0, 0.05) is 5.88 Å². The van der Waals surface area contributed by atoms with E-state index in [1.807, 2.05) is 51.1 Å². The van der Waals surface area contributed by atoms with Crippen LogP contribution in [0.15, 0.2) is 34.7 Å². The molecule has 0 aliphatic rings. The minimum atomic E-state index is -1.21. The number of alkyl halides is 1. The van der Waals surface area contributed by atoms with E-state index >= 15 is 0 Å². The quantitative estimate of drug-likeness (QED) is 0.406. The Morgan fingerprint density at radius 1 is 1.15 bits per heavy atom. The van der Waals surface area contributed by atoms with Crippen LogP contribution in [0.25, 0.3) is 0 Å². The third-order valence-electron chi connectivity index (χ3n) is 2.87. The van der Waals surface area contributed by atoms with E-state index in [0.29, 0.717) is 5.88 Å². The van der Waals surface area contributed by atoms with Crippen molar-refractivity contribution in [3.8, 4) is 0 Å². The maximum absolute atomic E-state index is 12.2. The maximum Gasteiger partial charge on any atom is 0.145 e. The van der Waals surface area contributed by atoms with Crippen molar-refractivity contribution >= 4 is 28.3 Å². The van der Waals surface area contributed by atoms with E-state index in [-0.39, 0.29) is 4.75 Å². The highest BCUT2D eigenvalue weighted by atomic mass is 35.5. The number of rotatable bonds is 7. The van der Waals surface area contributed by atoms with E-state index in [0.717, 1.165) is 37.0 Å². The summed E-state index contributed by atoms with van der Waals surface area (Å²) < 4.78 is 16.4. The van der Waals surface area contributed by atoms with Gasteiger partial charge in [0.25, 0.3) is 0 Å². The Morgan fingerprint density at radius 3 is 2.35 bits per heavy atom. The standard InChI is InChI=1S/C16H24ClNOS/c1-16(2,3)20(19)18-15(12-8-5-9-13-17)14-10-6-4-7-11-14/h4,6-7,10-11H,5,8-9,12-13H2,1-3H3/b18-15+/t20-/m0/s1. The van der Waals surface area contributed by atoms with Crippen molar-refractivity contribution in [2.45, 2.75) is 51.2 Å². The fourth-order valence-electron chi connectivity index (χ4n) is 1.67. The minimum Gasteiger partial charge on any atom is -0.234 e. The van der Waals surface area contributed by atoms with Crippen molar-refractivity contribution in [3.05, 3.63) is 35.9 Å². The molecule has 0 N–H and O–H groups in total. The van der Waals surface area contributed by atoms with Crippen molar-refractivity contribution in [1.29, 1.82) is 0 Å². The smallest absolute Gasteiger partial charge is 0.145 e. The van der Waals surface area contributed by atoms with E-state index < -0.39 is 11.0 Å². The molecule has 0 bridgehead atoms. The number of benzene rings is 1. The van der Waals surface area contributed by atoms with E-state index in [1.54, 1.807) is 0 Å². The summed E-state index contributed by atoms with van der Waals surface area (Å²) in [6.45, 7) is 5.84. The molecule has 0 aliphatic carbocycles. The third kappa shape index (κ3) is 6.19. The van der Waals surface area contributed by atoms with Crippen molar-refractivity contribution in [3.63, 3.8) is 0 Å². The summed E-state index contributed by atoms with van der Waals surface area (Å²) in [6.07, 6.45) is 3.98. The van der Waals surface area contributed by atoms with Crippen LogP contribution in [0.1, 0.15) is 52.0 Å². The molecular formula is C16H24ClNOS. The molecule has 0 aromatic heterocycles. The Balaban J connectivity index is 2.85. The van der Waals surface area contributed by atoms with Gasteiger partial charge >= 0.3 is 0 Å².